The Kier molecular flexibility index (Phi) is 5.37. The van der Waals surface area contributed by atoms with E-state index in [1.165, 1.54) is 0 Å². The molecule has 1 aromatic rings. The molecule has 0 spiro atoms. The molecule has 0 radical (unpaired) electrons. The van der Waals surface area contributed by atoms with Gasteiger partial charge in [0.1, 0.15) is 0 Å². The second-order valence-corrected chi connectivity index (χ2v) is 5.77. The molecule has 0 amide bonds. The predicted octanol–water partition coefficient (Wildman–Crippen LogP) is 2.07. The molecule has 2 heterocycles. The Morgan fingerprint density at radius 1 is 1.20 bits per heavy atom. The Bertz CT molecular complexity index is 437. The minimum absolute atomic E-state index is 0.223. The van der Waals surface area contributed by atoms with E-state index in [9.17, 15) is 0 Å². The first-order chi connectivity index (χ1) is 9.56. The van der Waals surface area contributed by atoms with Crippen molar-refractivity contribution in [1.29, 1.82) is 0 Å². The van der Waals surface area contributed by atoms with Gasteiger partial charge in [-0.2, -0.15) is 15.0 Å². The summed E-state index contributed by atoms with van der Waals surface area (Å²) in [4.78, 5) is 14.8. The lowest BCUT2D eigenvalue weighted by atomic mass is 9.98. The van der Waals surface area contributed by atoms with Crippen molar-refractivity contribution >= 4 is 23.5 Å². The average Bonchev–Trinajstić information content (AvgIpc) is 2.45. The summed E-state index contributed by atoms with van der Waals surface area (Å²) in [6.45, 7) is 10.4. The van der Waals surface area contributed by atoms with Gasteiger partial charge in [0.15, 0.2) is 0 Å². The van der Waals surface area contributed by atoms with E-state index in [1.807, 2.05) is 0 Å². The molecule has 1 aliphatic heterocycles. The molecular weight excluding hydrogens is 278 g/mol. The number of morpholine rings is 1. The smallest absolute Gasteiger partial charge is 0.231 e. The van der Waals surface area contributed by atoms with Crippen LogP contribution in [-0.2, 0) is 4.74 Å². The third-order valence-electron chi connectivity index (χ3n) is 3.61. The van der Waals surface area contributed by atoms with E-state index in [2.05, 4.69) is 45.9 Å². The van der Waals surface area contributed by atoms with Crippen LogP contribution in [0.1, 0.15) is 20.8 Å². The number of anilines is 2. The number of ether oxygens (including phenoxy) is 1. The number of hydrogen-bond acceptors (Lipinski definition) is 6. The van der Waals surface area contributed by atoms with Crippen molar-refractivity contribution in [1.82, 2.24) is 15.0 Å². The van der Waals surface area contributed by atoms with Gasteiger partial charge in [-0.25, -0.2) is 0 Å². The minimum Gasteiger partial charge on any atom is -0.378 e. The summed E-state index contributed by atoms with van der Waals surface area (Å²) in [5.74, 6) is 2.31. The summed E-state index contributed by atoms with van der Waals surface area (Å²) < 4.78 is 5.33. The molecule has 7 heteroatoms. The van der Waals surface area contributed by atoms with Gasteiger partial charge >= 0.3 is 0 Å². The largest absolute Gasteiger partial charge is 0.378 e. The monoisotopic (exact) mass is 299 g/mol. The third kappa shape index (κ3) is 4.18. The molecule has 0 bridgehead atoms. The molecule has 6 nitrogen and oxygen atoms in total. The van der Waals surface area contributed by atoms with Gasteiger partial charge in [0.05, 0.1) is 13.2 Å². The highest BCUT2D eigenvalue weighted by molar-refractivity contribution is 6.28. The van der Waals surface area contributed by atoms with E-state index in [1.54, 1.807) is 0 Å². The Morgan fingerprint density at radius 2 is 1.90 bits per heavy atom. The second kappa shape index (κ2) is 7.04. The lowest BCUT2D eigenvalue weighted by molar-refractivity contribution is 0.122. The van der Waals surface area contributed by atoms with E-state index >= 15 is 0 Å². The van der Waals surface area contributed by atoms with Crippen LogP contribution in [0, 0.1) is 11.8 Å². The number of nitrogens with one attached hydrogen (secondary N) is 1. The summed E-state index contributed by atoms with van der Waals surface area (Å²) in [6.07, 6.45) is 0. The number of aromatic nitrogens is 3. The molecule has 1 fully saturated rings. The Balaban J connectivity index is 2.04. The fraction of sp³-hybridized carbons (Fsp3) is 0.769. The zero-order valence-corrected chi connectivity index (χ0v) is 13.0. The van der Waals surface area contributed by atoms with Crippen LogP contribution >= 0.6 is 11.6 Å². The second-order valence-electron chi connectivity index (χ2n) is 5.43. The van der Waals surface area contributed by atoms with Crippen molar-refractivity contribution in [2.45, 2.75) is 20.8 Å². The van der Waals surface area contributed by atoms with Crippen molar-refractivity contribution in [3.05, 3.63) is 5.28 Å². The number of halogens is 1. The summed E-state index contributed by atoms with van der Waals surface area (Å²) >= 11 is 5.99. The van der Waals surface area contributed by atoms with Gasteiger partial charge in [0.25, 0.3) is 0 Å². The van der Waals surface area contributed by atoms with Crippen LogP contribution in [-0.4, -0.2) is 47.8 Å². The topological polar surface area (TPSA) is 63.2 Å². The first kappa shape index (κ1) is 15.3. The molecule has 0 aromatic carbocycles. The highest BCUT2D eigenvalue weighted by atomic mass is 35.5. The maximum absolute atomic E-state index is 5.99. The van der Waals surface area contributed by atoms with Crippen LogP contribution in [0.2, 0.25) is 5.28 Å². The van der Waals surface area contributed by atoms with Crippen molar-refractivity contribution < 1.29 is 4.74 Å². The molecular formula is C13H22ClN5O. The van der Waals surface area contributed by atoms with Gasteiger partial charge in [-0.05, 0) is 23.4 Å². The first-order valence-electron chi connectivity index (χ1n) is 7.04. The third-order valence-corrected chi connectivity index (χ3v) is 3.78. The summed E-state index contributed by atoms with van der Waals surface area (Å²) in [6, 6.07) is 0. The normalized spacial score (nSPS) is 17.4. The molecule has 1 aliphatic rings. The molecule has 0 saturated carbocycles. The van der Waals surface area contributed by atoms with Crippen LogP contribution in [0.5, 0.6) is 0 Å². The van der Waals surface area contributed by atoms with Crippen LogP contribution in [0.25, 0.3) is 0 Å². The fourth-order valence-corrected chi connectivity index (χ4v) is 1.97. The Morgan fingerprint density at radius 3 is 2.55 bits per heavy atom. The molecule has 20 heavy (non-hydrogen) atoms. The predicted molar refractivity (Wildman–Crippen MR) is 80.4 cm³/mol. The zero-order chi connectivity index (χ0) is 14.5. The zero-order valence-electron chi connectivity index (χ0n) is 12.3. The Hall–Kier alpha value is -1.14. The standard InChI is InChI=1S/C13H22ClN5O/c1-9(2)10(3)8-15-12-16-11(14)17-13(18-12)19-4-6-20-7-5-19/h9-10H,4-8H2,1-3H3,(H,15,16,17,18). The first-order valence-corrected chi connectivity index (χ1v) is 7.42. The van der Waals surface area contributed by atoms with Crippen molar-refractivity contribution in [2.75, 3.05) is 43.1 Å². The molecule has 1 saturated heterocycles. The van der Waals surface area contributed by atoms with Gasteiger partial charge in [0, 0.05) is 19.6 Å². The maximum atomic E-state index is 5.99. The van der Waals surface area contributed by atoms with Crippen molar-refractivity contribution in [3.63, 3.8) is 0 Å². The van der Waals surface area contributed by atoms with Crippen molar-refractivity contribution in [3.8, 4) is 0 Å². The minimum atomic E-state index is 0.223. The van der Waals surface area contributed by atoms with E-state index in [4.69, 9.17) is 16.3 Å². The number of hydrogen-bond donors (Lipinski definition) is 1. The van der Waals surface area contributed by atoms with Crippen LogP contribution in [0.15, 0.2) is 0 Å². The highest BCUT2D eigenvalue weighted by Crippen LogP contribution is 2.16. The molecule has 1 aromatic heterocycles. The fourth-order valence-electron chi connectivity index (χ4n) is 1.81. The maximum Gasteiger partial charge on any atom is 0.231 e. The van der Waals surface area contributed by atoms with E-state index in [0.29, 0.717) is 36.9 Å². The van der Waals surface area contributed by atoms with E-state index in [0.717, 1.165) is 19.6 Å². The van der Waals surface area contributed by atoms with Crippen molar-refractivity contribution in [2.24, 2.45) is 11.8 Å². The SMILES string of the molecule is CC(C)C(C)CNc1nc(Cl)nc(N2CCOCC2)n1. The molecule has 1 N–H and O–H groups in total. The highest BCUT2D eigenvalue weighted by Gasteiger charge is 2.16. The molecule has 0 aliphatic carbocycles. The average molecular weight is 300 g/mol. The van der Waals surface area contributed by atoms with Gasteiger partial charge in [0.2, 0.25) is 17.2 Å². The lowest BCUT2D eigenvalue weighted by Gasteiger charge is -2.27. The summed E-state index contributed by atoms with van der Waals surface area (Å²) in [7, 11) is 0. The molecule has 2 rings (SSSR count). The molecule has 112 valence electrons. The molecule has 1 unspecified atom stereocenters. The number of nitrogens with zero attached hydrogens (tertiary/aromatic N) is 4. The van der Waals surface area contributed by atoms with E-state index < -0.39 is 0 Å². The molecule has 1 atom stereocenters. The van der Waals surface area contributed by atoms with Gasteiger partial charge in [-0.1, -0.05) is 20.8 Å². The summed E-state index contributed by atoms with van der Waals surface area (Å²) in [5.41, 5.74) is 0. The lowest BCUT2D eigenvalue weighted by Crippen LogP contribution is -2.37. The number of rotatable bonds is 5. The Labute approximate surface area is 124 Å². The van der Waals surface area contributed by atoms with Crippen LogP contribution in [0.3, 0.4) is 0 Å². The summed E-state index contributed by atoms with van der Waals surface area (Å²) in [5, 5.41) is 3.46. The van der Waals surface area contributed by atoms with Crippen LogP contribution < -0.4 is 10.2 Å². The van der Waals surface area contributed by atoms with E-state index in [-0.39, 0.29) is 5.28 Å². The van der Waals surface area contributed by atoms with Gasteiger partial charge in [-0.3, -0.25) is 0 Å². The van der Waals surface area contributed by atoms with Gasteiger partial charge in [-0.15, -0.1) is 0 Å². The van der Waals surface area contributed by atoms with Gasteiger partial charge < -0.3 is 15.0 Å². The van der Waals surface area contributed by atoms with Crippen LogP contribution in [0.4, 0.5) is 11.9 Å². The quantitative estimate of drug-likeness (QED) is 0.898.